The maximum Gasteiger partial charge on any atom is 0.306 e. The molecule has 456 valence electrons. The van der Waals surface area contributed by atoms with E-state index in [9.17, 15) is 14.4 Å². The van der Waals surface area contributed by atoms with Crippen molar-refractivity contribution in [2.75, 3.05) is 13.2 Å². The maximum atomic E-state index is 12.9. The lowest BCUT2D eigenvalue weighted by Crippen LogP contribution is -2.30. The summed E-state index contributed by atoms with van der Waals surface area (Å²) in [6.07, 6.45) is 88.9. The number of allylic oxidation sites excluding steroid dienone is 14. The Hall–Kier alpha value is -3.41. The van der Waals surface area contributed by atoms with Crippen molar-refractivity contribution >= 4 is 17.9 Å². The topological polar surface area (TPSA) is 78.9 Å². The third kappa shape index (κ3) is 65.3. The number of hydrogen-bond acceptors (Lipinski definition) is 6. The highest BCUT2D eigenvalue weighted by Crippen LogP contribution is 2.17. The molecule has 0 aliphatic carbocycles. The van der Waals surface area contributed by atoms with Gasteiger partial charge in [-0.1, -0.05) is 292 Å². The number of carbonyl (C=O) groups is 3. The summed E-state index contributed by atoms with van der Waals surface area (Å²) in [6.45, 7) is 6.52. The molecule has 0 aromatic heterocycles. The van der Waals surface area contributed by atoms with Gasteiger partial charge in [0.1, 0.15) is 13.2 Å². The Morgan fingerprint density at radius 3 is 0.797 bits per heavy atom. The van der Waals surface area contributed by atoms with Crippen LogP contribution in [-0.4, -0.2) is 37.2 Å². The Bertz CT molecular complexity index is 1500. The van der Waals surface area contributed by atoms with Crippen molar-refractivity contribution < 1.29 is 28.6 Å². The molecule has 6 nitrogen and oxygen atoms in total. The van der Waals surface area contributed by atoms with E-state index >= 15 is 0 Å². The first kappa shape index (κ1) is 75.6. The molecule has 0 heterocycles. The van der Waals surface area contributed by atoms with Gasteiger partial charge in [0.2, 0.25) is 0 Å². The van der Waals surface area contributed by atoms with E-state index in [-0.39, 0.29) is 31.1 Å². The molecule has 0 spiro atoms. The molecular weight excluding hydrogens is 973 g/mol. The number of carbonyl (C=O) groups excluding carboxylic acids is 3. The predicted molar refractivity (Wildman–Crippen MR) is 344 cm³/mol. The summed E-state index contributed by atoms with van der Waals surface area (Å²) in [5.41, 5.74) is 0. The van der Waals surface area contributed by atoms with E-state index in [2.05, 4.69) is 106 Å². The highest BCUT2D eigenvalue weighted by Gasteiger charge is 2.19. The zero-order valence-electron chi connectivity index (χ0n) is 52.4. The van der Waals surface area contributed by atoms with E-state index in [1.807, 2.05) is 0 Å². The first-order valence-corrected chi connectivity index (χ1v) is 34.1. The predicted octanol–water partition coefficient (Wildman–Crippen LogP) is 23.4. The SMILES string of the molecule is CC/C=C\C/C=C\C/C=C\CCCCCC(=O)OCC(COC(=O)CCCCCCCCCCCCCC/C=C\C/C=C\C/C=C\CCCCCCC)OC(=O)CCCCCCCCCCC/C=C\CCCCCCCCCC. The summed E-state index contributed by atoms with van der Waals surface area (Å²) in [4.78, 5) is 38.4. The minimum Gasteiger partial charge on any atom is -0.462 e. The summed E-state index contributed by atoms with van der Waals surface area (Å²) in [5.74, 6) is -0.906. The van der Waals surface area contributed by atoms with E-state index in [0.29, 0.717) is 19.3 Å². The zero-order valence-corrected chi connectivity index (χ0v) is 52.4. The number of hydrogen-bond donors (Lipinski definition) is 0. The third-order valence-corrected chi connectivity index (χ3v) is 14.9. The van der Waals surface area contributed by atoms with Crippen LogP contribution in [0.25, 0.3) is 0 Å². The van der Waals surface area contributed by atoms with Crippen LogP contribution in [0.15, 0.2) is 85.1 Å². The molecule has 0 aliphatic heterocycles. The summed E-state index contributed by atoms with van der Waals surface area (Å²) < 4.78 is 16.9. The van der Waals surface area contributed by atoms with Crippen molar-refractivity contribution in [2.24, 2.45) is 0 Å². The Kier molecular flexibility index (Phi) is 64.2. The largest absolute Gasteiger partial charge is 0.462 e. The Morgan fingerprint density at radius 2 is 0.494 bits per heavy atom. The highest BCUT2D eigenvalue weighted by molar-refractivity contribution is 5.71. The Labute approximate surface area is 490 Å². The molecule has 79 heavy (non-hydrogen) atoms. The monoisotopic (exact) mass is 1100 g/mol. The summed E-state index contributed by atoms with van der Waals surface area (Å²) >= 11 is 0. The van der Waals surface area contributed by atoms with Gasteiger partial charge in [0.05, 0.1) is 0 Å². The van der Waals surface area contributed by atoms with Gasteiger partial charge in [0, 0.05) is 19.3 Å². The second-order valence-electron chi connectivity index (χ2n) is 22.7. The Balaban J connectivity index is 4.29. The second-order valence-corrected chi connectivity index (χ2v) is 22.7. The maximum absolute atomic E-state index is 12.9. The molecule has 1 unspecified atom stereocenters. The average molecular weight is 1100 g/mol. The van der Waals surface area contributed by atoms with Crippen LogP contribution in [0.4, 0.5) is 0 Å². The normalized spacial score (nSPS) is 12.6. The van der Waals surface area contributed by atoms with E-state index in [4.69, 9.17) is 14.2 Å². The van der Waals surface area contributed by atoms with Crippen LogP contribution in [0.5, 0.6) is 0 Å². The van der Waals surface area contributed by atoms with Crippen molar-refractivity contribution in [1.82, 2.24) is 0 Å². The number of unbranched alkanes of at least 4 members (excludes halogenated alkanes) is 37. The van der Waals surface area contributed by atoms with Gasteiger partial charge >= 0.3 is 17.9 Å². The molecule has 0 amide bonds. The molecule has 0 saturated carbocycles. The molecule has 6 heteroatoms. The molecular formula is C73H128O6. The lowest BCUT2D eigenvalue weighted by Gasteiger charge is -2.18. The van der Waals surface area contributed by atoms with Crippen LogP contribution < -0.4 is 0 Å². The van der Waals surface area contributed by atoms with Crippen LogP contribution in [0, 0.1) is 0 Å². The third-order valence-electron chi connectivity index (χ3n) is 14.9. The molecule has 0 aromatic carbocycles. The van der Waals surface area contributed by atoms with Gasteiger partial charge in [-0.15, -0.1) is 0 Å². The van der Waals surface area contributed by atoms with Crippen LogP contribution in [0.1, 0.15) is 342 Å². The fourth-order valence-electron chi connectivity index (χ4n) is 9.76. The summed E-state index contributed by atoms with van der Waals surface area (Å²) in [5, 5.41) is 0. The highest BCUT2D eigenvalue weighted by atomic mass is 16.6. The van der Waals surface area contributed by atoms with Crippen molar-refractivity contribution in [1.29, 1.82) is 0 Å². The minimum atomic E-state index is -0.792. The van der Waals surface area contributed by atoms with Crippen molar-refractivity contribution in [3.8, 4) is 0 Å². The standard InChI is InChI=1S/C73H128O6/c1-4-7-10-13-16-19-22-25-27-29-31-33-34-35-36-37-38-40-41-43-45-48-51-54-57-60-63-66-72(75)78-69-70(68-77-71(74)65-62-59-56-53-50-47-24-21-18-15-12-9-6-3)79-73(76)67-64-61-58-55-52-49-46-44-42-39-32-30-28-26-23-20-17-14-11-8-5-2/h9,12,18,21-22,25,29-32,34-35,47,50,70H,4-8,10-11,13-17,19-20,23-24,26-28,33,36-46,48-49,51-69H2,1-3H3/b12-9-,21-18-,25-22-,31-29-,32-30-,35-34-,50-47-. The molecule has 1 atom stereocenters. The molecule has 0 radical (unpaired) electrons. The lowest BCUT2D eigenvalue weighted by atomic mass is 10.0. The molecule has 0 fully saturated rings. The first-order valence-electron chi connectivity index (χ1n) is 34.1. The minimum absolute atomic E-state index is 0.0862. The quantitative estimate of drug-likeness (QED) is 0.0261. The molecule has 0 N–H and O–H groups in total. The van der Waals surface area contributed by atoms with Gasteiger partial charge in [-0.3, -0.25) is 14.4 Å². The Morgan fingerprint density at radius 1 is 0.266 bits per heavy atom. The van der Waals surface area contributed by atoms with Crippen LogP contribution in [0.2, 0.25) is 0 Å². The van der Waals surface area contributed by atoms with Gasteiger partial charge in [-0.2, -0.15) is 0 Å². The first-order chi connectivity index (χ1) is 39.0. The van der Waals surface area contributed by atoms with E-state index in [1.54, 1.807) is 0 Å². The summed E-state index contributed by atoms with van der Waals surface area (Å²) in [7, 11) is 0. The zero-order chi connectivity index (χ0) is 57.1. The molecule has 0 aromatic rings. The molecule has 0 bridgehead atoms. The second kappa shape index (κ2) is 67.1. The van der Waals surface area contributed by atoms with E-state index in [1.165, 1.54) is 205 Å². The van der Waals surface area contributed by atoms with Crippen molar-refractivity contribution in [3.63, 3.8) is 0 Å². The van der Waals surface area contributed by atoms with Crippen molar-refractivity contribution in [2.45, 2.75) is 348 Å². The van der Waals surface area contributed by atoms with E-state index < -0.39 is 6.10 Å². The lowest BCUT2D eigenvalue weighted by molar-refractivity contribution is -0.167. The average Bonchev–Trinajstić information content (AvgIpc) is 3.45. The summed E-state index contributed by atoms with van der Waals surface area (Å²) in [6, 6.07) is 0. The number of rotatable bonds is 62. The molecule has 0 aliphatic rings. The van der Waals surface area contributed by atoms with Gasteiger partial charge in [0.15, 0.2) is 6.10 Å². The molecule has 0 rings (SSSR count). The van der Waals surface area contributed by atoms with Gasteiger partial charge < -0.3 is 14.2 Å². The van der Waals surface area contributed by atoms with Crippen LogP contribution in [-0.2, 0) is 28.6 Å². The van der Waals surface area contributed by atoms with Crippen LogP contribution >= 0.6 is 0 Å². The van der Waals surface area contributed by atoms with Gasteiger partial charge in [-0.25, -0.2) is 0 Å². The number of ether oxygens (including phenoxy) is 3. The van der Waals surface area contributed by atoms with Gasteiger partial charge in [0.25, 0.3) is 0 Å². The van der Waals surface area contributed by atoms with Crippen LogP contribution in [0.3, 0.4) is 0 Å². The van der Waals surface area contributed by atoms with Gasteiger partial charge in [-0.05, 0) is 116 Å². The smallest absolute Gasteiger partial charge is 0.306 e. The van der Waals surface area contributed by atoms with E-state index in [0.717, 1.165) is 96.3 Å². The fraction of sp³-hybridized carbons (Fsp3) is 0.767. The number of esters is 3. The fourth-order valence-corrected chi connectivity index (χ4v) is 9.76. The molecule has 0 saturated heterocycles. The van der Waals surface area contributed by atoms with Crippen molar-refractivity contribution in [3.05, 3.63) is 85.1 Å².